The van der Waals surface area contributed by atoms with Gasteiger partial charge in [-0.05, 0) is 37.2 Å². The largest absolute Gasteiger partial charge is 0.489 e. The van der Waals surface area contributed by atoms with Crippen LogP contribution in [0.1, 0.15) is 30.5 Å². The smallest absolute Gasteiger partial charge is 0.124 e. The maximum Gasteiger partial charge on any atom is 0.124 e. The Hall–Kier alpha value is -1.51. The van der Waals surface area contributed by atoms with Crippen LogP contribution in [0.25, 0.3) is 0 Å². The normalized spacial score (nSPS) is 12.2. The minimum atomic E-state index is 0.311. The zero-order valence-corrected chi connectivity index (χ0v) is 12.7. The minimum absolute atomic E-state index is 0.311. The molecule has 2 aromatic carbocycles. The summed E-state index contributed by atoms with van der Waals surface area (Å²) in [6, 6.07) is 16.2. The third kappa shape index (κ3) is 3.75. The van der Waals surface area contributed by atoms with Gasteiger partial charge in [-0.3, -0.25) is 0 Å². The molecule has 0 aliphatic carbocycles. The summed E-state index contributed by atoms with van der Waals surface area (Å²) in [6.07, 6.45) is 1.02. The molecule has 20 heavy (non-hydrogen) atoms. The fourth-order valence-corrected chi connectivity index (χ4v) is 2.48. The van der Waals surface area contributed by atoms with Gasteiger partial charge in [0.15, 0.2) is 0 Å². The lowest BCUT2D eigenvalue weighted by molar-refractivity contribution is 0.299. The van der Waals surface area contributed by atoms with E-state index in [4.69, 9.17) is 16.3 Å². The molecule has 0 saturated heterocycles. The van der Waals surface area contributed by atoms with Gasteiger partial charge in [0, 0.05) is 16.6 Å². The quantitative estimate of drug-likeness (QED) is 0.840. The lowest BCUT2D eigenvalue weighted by atomic mass is 10.0. The molecule has 2 nitrogen and oxygen atoms in total. The second kappa shape index (κ2) is 7.32. The van der Waals surface area contributed by atoms with Crippen molar-refractivity contribution < 1.29 is 4.74 Å². The molecule has 1 atom stereocenters. The zero-order chi connectivity index (χ0) is 14.4. The topological polar surface area (TPSA) is 21.3 Å². The Bertz CT molecular complexity index is 552. The predicted molar refractivity (Wildman–Crippen MR) is 84.3 cm³/mol. The molecule has 0 aliphatic rings. The van der Waals surface area contributed by atoms with Gasteiger partial charge in [-0.1, -0.05) is 48.9 Å². The number of halogens is 1. The summed E-state index contributed by atoms with van der Waals surface area (Å²) in [7, 11) is 1.97. The van der Waals surface area contributed by atoms with Gasteiger partial charge >= 0.3 is 0 Å². The molecule has 0 fully saturated rings. The molecule has 1 unspecified atom stereocenters. The van der Waals surface area contributed by atoms with E-state index in [0.29, 0.717) is 12.6 Å². The average molecular weight is 290 g/mol. The van der Waals surface area contributed by atoms with Crippen LogP contribution >= 0.6 is 11.6 Å². The highest BCUT2D eigenvalue weighted by atomic mass is 35.5. The molecule has 0 bridgehead atoms. The average Bonchev–Trinajstić information content (AvgIpc) is 2.48. The molecular formula is C17H20ClNO. The predicted octanol–water partition coefficient (Wildman–Crippen LogP) is 4.59. The second-order valence-electron chi connectivity index (χ2n) is 4.71. The van der Waals surface area contributed by atoms with Crippen LogP contribution in [0.5, 0.6) is 5.75 Å². The summed E-state index contributed by atoms with van der Waals surface area (Å²) in [5.74, 6) is 0.925. The molecule has 0 saturated carbocycles. The minimum Gasteiger partial charge on any atom is -0.489 e. The van der Waals surface area contributed by atoms with Crippen molar-refractivity contribution in [1.29, 1.82) is 0 Å². The Morgan fingerprint density at radius 2 is 1.95 bits per heavy atom. The number of ether oxygens (including phenoxy) is 1. The van der Waals surface area contributed by atoms with E-state index in [1.165, 1.54) is 5.56 Å². The third-order valence-corrected chi connectivity index (χ3v) is 3.57. The molecule has 0 spiro atoms. The summed E-state index contributed by atoms with van der Waals surface area (Å²) < 4.78 is 5.96. The summed E-state index contributed by atoms with van der Waals surface area (Å²) >= 11 is 5.99. The highest BCUT2D eigenvalue weighted by Crippen LogP contribution is 2.27. The second-order valence-corrected chi connectivity index (χ2v) is 5.14. The molecule has 2 rings (SSSR count). The Morgan fingerprint density at radius 3 is 2.65 bits per heavy atom. The van der Waals surface area contributed by atoms with E-state index >= 15 is 0 Å². The van der Waals surface area contributed by atoms with Crippen LogP contribution in [0.3, 0.4) is 0 Å². The maximum absolute atomic E-state index is 5.99. The SMILES string of the molecule is CCC(NC)c1ccccc1OCc1cccc(Cl)c1. The van der Waals surface area contributed by atoms with Gasteiger partial charge in [-0.2, -0.15) is 0 Å². The van der Waals surface area contributed by atoms with Crippen molar-refractivity contribution in [1.82, 2.24) is 5.32 Å². The number of hydrogen-bond donors (Lipinski definition) is 1. The Morgan fingerprint density at radius 1 is 1.15 bits per heavy atom. The molecule has 0 aliphatic heterocycles. The maximum atomic E-state index is 5.99. The van der Waals surface area contributed by atoms with Crippen molar-refractivity contribution in [2.24, 2.45) is 0 Å². The lowest BCUT2D eigenvalue weighted by Crippen LogP contribution is -2.16. The van der Waals surface area contributed by atoms with Crippen molar-refractivity contribution in [3.63, 3.8) is 0 Å². The van der Waals surface area contributed by atoms with E-state index in [1.54, 1.807) is 0 Å². The molecule has 0 aromatic heterocycles. The van der Waals surface area contributed by atoms with E-state index in [9.17, 15) is 0 Å². The molecule has 0 amide bonds. The first-order valence-electron chi connectivity index (χ1n) is 6.88. The van der Waals surface area contributed by atoms with Gasteiger partial charge in [-0.25, -0.2) is 0 Å². The Kier molecular flexibility index (Phi) is 5.45. The van der Waals surface area contributed by atoms with Crippen LogP contribution in [-0.4, -0.2) is 7.05 Å². The van der Waals surface area contributed by atoms with E-state index < -0.39 is 0 Å². The number of rotatable bonds is 6. The zero-order valence-electron chi connectivity index (χ0n) is 11.9. The summed E-state index contributed by atoms with van der Waals surface area (Å²) in [5.41, 5.74) is 2.27. The Balaban J connectivity index is 2.13. The van der Waals surface area contributed by atoms with E-state index in [1.807, 2.05) is 49.5 Å². The van der Waals surface area contributed by atoms with Crippen LogP contribution in [0, 0.1) is 0 Å². The number of nitrogens with one attached hydrogen (secondary N) is 1. The first-order valence-corrected chi connectivity index (χ1v) is 7.25. The molecule has 0 heterocycles. The van der Waals surface area contributed by atoms with Gasteiger partial charge < -0.3 is 10.1 Å². The molecule has 2 aromatic rings. The summed E-state index contributed by atoms with van der Waals surface area (Å²) in [5, 5.41) is 4.05. The van der Waals surface area contributed by atoms with Gasteiger partial charge in [-0.15, -0.1) is 0 Å². The van der Waals surface area contributed by atoms with Crippen molar-refractivity contribution in [2.75, 3.05) is 7.05 Å². The molecule has 0 radical (unpaired) electrons. The number of benzene rings is 2. The first kappa shape index (κ1) is 14.9. The lowest BCUT2D eigenvalue weighted by Gasteiger charge is -2.18. The van der Waals surface area contributed by atoms with Crippen molar-refractivity contribution in [2.45, 2.75) is 26.0 Å². The van der Waals surface area contributed by atoms with Crippen LogP contribution < -0.4 is 10.1 Å². The first-order chi connectivity index (χ1) is 9.74. The molecular weight excluding hydrogens is 270 g/mol. The van der Waals surface area contributed by atoms with Crippen LogP contribution in [-0.2, 0) is 6.61 Å². The Labute approximate surface area is 125 Å². The molecule has 106 valence electrons. The highest BCUT2D eigenvalue weighted by Gasteiger charge is 2.12. The fraction of sp³-hybridized carbons (Fsp3) is 0.294. The van der Waals surface area contributed by atoms with Crippen LogP contribution in [0.15, 0.2) is 48.5 Å². The van der Waals surface area contributed by atoms with E-state index in [-0.39, 0.29) is 0 Å². The van der Waals surface area contributed by atoms with Crippen LogP contribution in [0.4, 0.5) is 0 Å². The number of hydrogen-bond acceptors (Lipinski definition) is 2. The van der Waals surface area contributed by atoms with Crippen molar-refractivity contribution >= 4 is 11.6 Å². The summed E-state index contributed by atoms with van der Waals surface area (Å²) in [4.78, 5) is 0. The van der Waals surface area contributed by atoms with Gasteiger partial charge in [0.2, 0.25) is 0 Å². The fourth-order valence-electron chi connectivity index (χ4n) is 2.27. The molecule has 1 N–H and O–H groups in total. The third-order valence-electron chi connectivity index (χ3n) is 3.33. The highest BCUT2D eigenvalue weighted by molar-refractivity contribution is 6.30. The number of para-hydroxylation sites is 1. The monoisotopic (exact) mass is 289 g/mol. The van der Waals surface area contributed by atoms with Gasteiger partial charge in [0.25, 0.3) is 0 Å². The van der Waals surface area contributed by atoms with Crippen molar-refractivity contribution in [3.8, 4) is 5.75 Å². The van der Waals surface area contributed by atoms with E-state index in [0.717, 1.165) is 22.8 Å². The summed E-state index contributed by atoms with van der Waals surface area (Å²) in [6.45, 7) is 2.69. The van der Waals surface area contributed by atoms with Gasteiger partial charge in [0.1, 0.15) is 12.4 Å². The van der Waals surface area contributed by atoms with Crippen molar-refractivity contribution in [3.05, 3.63) is 64.7 Å². The van der Waals surface area contributed by atoms with Gasteiger partial charge in [0.05, 0.1) is 0 Å². The standard InChI is InChI=1S/C17H20ClNO/c1-3-16(19-2)15-9-4-5-10-17(15)20-12-13-7-6-8-14(18)11-13/h4-11,16,19H,3,12H2,1-2H3. The van der Waals surface area contributed by atoms with E-state index in [2.05, 4.69) is 18.3 Å². The molecule has 3 heteroatoms. The van der Waals surface area contributed by atoms with Crippen LogP contribution in [0.2, 0.25) is 5.02 Å².